The van der Waals surface area contributed by atoms with Gasteiger partial charge in [0.2, 0.25) is 0 Å². The summed E-state index contributed by atoms with van der Waals surface area (Å²) in [6.45, 7) is 1.22. The van der Waals surface area contributed by atoms with E-state index in [4.69, 9.17) is 18.9 Å². The molecule has 2 fully saturated rings. The molecule has 0 radical (unpaired) electrons. The molecule has 0 aliphatic carbocycles. The van der Waals surface area contributed by atoms with Crippen molar-refractivity contribution in [2.45, 2.75) is 31.6 Å². The van der Waals surface area contributed by atoms with E-state index in [1.54, 1.807) is 36.3 Å². The predicted molar refractivity (Wildman–Crippen MR) is 118 cm³/mol. The van der Waals surface area contributed by atoms with Crippen LogP contribution in [0.25, 0.3) is 0 Å². The van der Waals surface area contributed by atoms with Crippen molar-refractivity contribution in [2.24, 2.45) is 0 Å². The molecule has 0 saturated carbocycles. The van der Waals surface area contributed by atoms with Gasteiger partial charge in [-0.1, -0.05) is 12.1 Å². The number of nitrogens with one attached hydrogen (secondary N) is 1. The number of hydrogen-bond acceptors (Lipinski definition) is 6. The second kappa shape index (κ2) is 10.5. The van der Waals surface area contributed by atoms with Gasteiger partial charge in [-0.3, -0.25) is 14.5 Å². The molecule has 2 saturated heterocycles. The van der Waals surface area contributed by atoms with E-state index >= 15 is 0 Å². The van der Waals surface area contributed by atoms with Crippen LogP contribution < -0.4 is 19.7 Å². The molecule has 2 amide bonds. The third kappa shape index (κ3) is 5.38. The van der Waals surface area contributed by atoms with Gasteiger partial charge in [-0.2, -0.15) is 0 Å². The van der Waals surface area contributed by atoms with Gasteiger partial charge >= 0.3 is 0 Å². The molecule has 4 rings (SSSR count). The first kappa shape index (κ1) is 22.1. The number of carbonyl (C=O) groups is 2. The first-order valence-electron chi connectivity index (χ1n) is 10.8. The van der Waals surface area contributed by atoms with Crippen molar-refractivity contribution in [3.63, 3.8) is 0 Å². The Morgan fingerprint density at radius 1 is 1.06 bits per heavy atom. The molecule has 32 heavy (non-hydrogen) atoms. The van der Waals surface area contributed by atoms with Gasteiger partial charge < -0.3 is 24.3 Å². The number of benzene rings is 2. The van der Waals surface area contributed by atoms with Gasteiger partial charge in [-0.25, -0.2) is 0 Å². The maximum atomic E-state index is 12.4. The van der Waals surface area contributed by atoms with Crippen molar-refractivity contribution in [3.8, 4) is 11.5 Å². The summed E-state index contributed by atoms with van der Waals surface area (Å²) in [6, 6.07) is 14.5. The van der Waals surface area contributed by atoms with Crippen LogP contribution in [0.15, 0.2) is 48.5 Å². The van der Waals surface area contributed by atoms with Crippen molar-refractivity contribution in [1.82, 2.24) is 5.32 Å². The summed E-state index contributed by atoms with van der Waals surface area (Å²) in [7, 11) is 1.60. The normalized spacial score (nSPS) is 20.8. The molecule has 2 aliphatic rings. The first-order chi connectivity index (χ1) is 15.6. The minimum absolute atomic E-state index is 0.0137. The predicted octanol–water partition coefficient (Wildman–Crippen LogP) is 2.82. The van der Waals surface area contributed by atoms with Crippen LogP contribution in [0.1, 0.15) is 31.1 Å². The lowest BCUT2D eigenvalue weighted by atomic mass is 10.1. The van der Waals surface area contributed by atoms with Crippen LogP contribution in [0.4, 0.5) is 5.69 Å². The summed E-state index contributed by atoms with van der Waals surface area (Å²) in [5.41, 5.74) is 1.55. The van der Waals surface area contributed by atoms with E-state index in [1.165, 1.54) is 0 Å². The Bertz CT molecular complexity index is 909. The van der Waals surface area contributed by atoms with Crippen molar-refractivity contribution in [2.75, 3.05) is 38.4 Å². The van der Waals surface area contributed by atoms with Crippen molar-refractivity contribution >= 4 is 17.5 Å². The Morgan fingerprint density at radius 2 is 1.81 bits per heavy atom. The highest BCUT2D eigenvalue weighted by Gasteiger charge is 2.34. The average molecular weight is 440 g/mol. The molecule has 2 heterocycles. The summed E-state index contributed by atoms with van der Waals surface area (Å²) in [5.74, 6) is 0.991. The molecule has 0 aromatic heterocycles. The van der Waals surface area contributed by atoms with Gasteiger partial charge in [0.05, 0.1) is 13.2 Å². The number of amides is 2. The van der Waals surface area contributed by atoms with Crippen LogP contribution in [-0.4, -0.2) is 51.4 Å². The lowest BCUT2D eigenvalue weighted by molar-refractivity contribution is -0.124. The highest BCUT2D eigenvalue weighted by atomic mass is 16.5. The van der Waals surface area contributed by atoms with Crippen LogP contribution in [0.2, 0.25) is 0 Å². The zero-order chi connectivity index (χ0) is 22.3. The summed E-state index contributed by atoms with van der Waals surface area (Å²) in [4.78, 5) is 26.1. The van der Waals surface area contributed by atoms with Gasteiger partial charge in [0.15, 0.2) is 12.8 Å². The molecule has 8 nitrogen and oxygen atoms in total. The second-order valence-corrected chi connectivity index (χ2v) is 7.78. The van der Waals surface area contributed by atoms with Crippen LogP contribution in [0.5, 0.6) is 11.5 Å². The molecule has 2 aromatic carbocycles. The van der Waals surface area contributed by atoms with Crippen molar-refractivity contribution in [1.29, 1.82) is 0 Å². The molecular weight excluding hydrogens is 412 g/mol. The maximum Gasteiger partial charge on any atom is 0.258 e. The molecule has 2 unspecified atom stereocenters. The van der Waals surface area contributed by atoms with Gasteiger partial charge in [0.25, 0.3) is 11.8 Å². The maximum absolute atomic E-state index is 12.4. The molecule has 0 bridgehead atoms. The zero-order valence-corrected chi connectivity index (χ0v) is 18.1. The molecule has 1 N–H and O–H groups in total. The Morgan fingerprint density at radius 3 is 2.50 bits per heavy atom. The fourth-order valence-corrected chi connectivity index (χ4v) is 3.82. The lowest BCUT2D eigenvalue weighted by Crippen LogP contribution is -2.37. The minimum atomic E-state index is -0.524. The summed E-state index contributed by atoms with van der Waals surface area (Å²) >= 11 is 0. The number of rotatable bonds is 8. The van der Waals surface area contributed by atoms with Crippen LogP contribution in [0, 0.1) is 0 Å². The fourth-order valence-electron chi connectivity index (χ4n) is 3.82. The highest BCUT2D eigenvalue weighted by Crippen LogP contribution is 2.34. The second-order valence-electron chi connectivity index (χ2n) is 7.78. The van der Waals surface area contributed by atoms with E-state index in [0.29, 0.717) is 12.3 Å². The van der Waals surface area contributed by atoms with E-state index in [0.717, 1.165) is 42.9 Å². The Balaban J connectivity index is 1.32. The van der Waals surface area contributed by atoms with E-state index in [9.17, 15) is 9.59 Å². The molecule has 2 atom stereocenters. The standard InChI is InChI=1S/C24H28N2O6/c1-29-19-11-7-18(8-12-19)26-23(28)16-32-24(26)17-5-9-20(10-6-17)31-15-22(27)25-14-21-4-2-3-13-30-21/h5-12,21,24H,2-4,13-16H2,1H3,(H,25,27). The molecule has 0 spiro atoms. The van der Waals surface area contributed by atoms with E-state index < -0.39 is 6.23 Å². The summed E-state index contributed by atoms with van der Waals surface area (Å²) in [6.07, 6.45) is 2.76. The molecule has 2 aliphatic heterocycles. The van der Waals surface area contributed by atoms with Crippen molar-refractivity contribution < 1.29 is 28.5 Å². The smallest absolute Gasteiger partial charge is 0.258 e. The zero-order valence-electron chi connectivity index (χ0n) is 18.1. The highest BCUT2D eigenvalue weighted by molar-refractivity contribution is 5.96. The third-order valence-electron chi connectivity index (χ3n) is 5.55. The molecule has 8 heteroatoms. The van der Waals surface area contributed by atoms with Gasteiger partial charge in [0.1, 0.15) is 18.1 Å². The Hall–Kier alpha value is -3.10. The van der Waals surface area contributed by atoms with E-state index in [2.05, 4.69) is 5.32 Å². The number of ether oxygens (including phenoxy) is 4. The topological polar surface area (TPSA) is 86.3 Å². The summed E-state index contributed by atoms with van der Waals surface area (Å²) in [5, 5.41) is 2.85. The third-order valence-corrected chi connectivity index (χ3v) is 5.55. The van der Waals surface area contributed by atoms with Crippen LogP contribution in [0.3, 0.4) is 0 Å². The molecular formula is C24H28N2O6. The number of anilines is 1. The Kier molecular flexibility index (Phi) is 7.24. The van der Waals surface area contributed by atoms with E-state index in [-0.39, 0.29) is 31.1 Å². The SMILES string of the molecule is COc1ccc(N2C(=O)COC2c2ccc(OCC(=O)NCC3CCCCO3)cc2)cc1. The Labute approximate surface area is 187 Å². The largest absolute Gasteiger partial charge is 0.497 e. The number of carbonyl (C=O) groups excluding carboxylic acids is 2. The average Bonchev–Trinajstić information content (AvgIpc) is 3.23. The van der Waals surface area contributed by atoms with Crippen LogP contribution >= 0.6 is 0 Å². The molecule has 170 valence electrons. The quantitative estimate of drug-likeness (QED) is 0.679. The first-order valence-corrected chi connectivity index (χ1v) is 10.8. The lowest BCUT2D eigenvalue weighted by Gasteiger charge is -2.24. The van der Waals surface area contributed by atoms with Crippen molar-refractivity contribution in [3.05, 3.63) is 54.1 Å². The minimum Gasteiger partial charge on any atom is -0.497 e. The fraction of sp³-hybridized carbons (Fsp3) is 0.417. The van der Waals surface area contributed by atoms with Gasteiger partial charge in [-0.15, -0.1) is 0 Å². The van der Waals surface area contributed by atoms with E-state index in [1.807, 2.05) is 24.3 Å². The number of nitrogens with zero attached hydrogens (tertiary/aromatic N) is 1. The molecule has 2 aromatic rings. The number of methoxy groups -OCH3 is 1. The number of hydrogen-bond donors (Lipinski definition) is 1. The monoisotopic (exact) mass is 440 g/mol. The van der Waals surface area contributed by atoms with Gasteiger partial charge in [-0.05, 0) is 55.7 Å². The van der Waals surface area contributed by atoms with Gasteiger partial charge in [0, 0.05) is 24.4 Å². The van der Waals surface area contributed by atoms with Crippen LogP contribution in [-0.2, 0) is 19.1 Å². The summed E-state index contributed by atoms with van der Waals surface area (Å²) < 4.78 is 22.1.